The molecular weight excluding hydrogens is 371 g/mol. The molecule has 3 rings (SSSR count). The van der Waals surface area contributed by atoms with Gasteiger partial charge in [0.15, 0.2) is 5.54 Å². The Bertz CT molecular complexity index is 928. The summed E-state index contributed by atoms with van der Waals surface area (Å²) in [4.78, 5) is 16.7. The second-order valence-corrected chi connectivity index (χ2v) is 6.29. The summed E-state index contributed by atoms with van der Waals surface area (Å²) in [5.74, 6) is -1.24. The van der Waals surface area contributed by atoms with Crippen LogP contribution in [0.5, 0.6) is 0 Å². The molecular formula is C19H18F3N5O. The van der Waals surface area contributed by atoms with E-state index >= 15 is 0 Å². The molecule has 6 nitrogen and oxygen atoms in total. The molecule has 2 heterocycles. The van der Waals surface area contributed by atoms with Gasteiger partial charge < -0.3 is 5.32 Å². The van der Waals surface area contributed by atoms with Crippen LogP contribution in [0.25, 0.3) is 11.4 Å². The van der Waals surface area contributed by atoms with E-state index in [0.29, 0.717) is 17.0 Å². The minimum atomic E-state index is -4.82. The Balaban J connectivity index is 1.82. The molecule has 0 saturated heterocycles. The first-order valence-electron chi connectivity index (χ1n) is 8.43. The number of aromatic nitrogens is 3. The van der Waals surface area contributed by atoms with Crippen LogP contribution in [-0.4, -0.2) is 32.8 Å². The largest absolute Gasteiger partial charge is 0.415 e. The van der Waals surface area contributed by atoms with E-state index in [1.165, 1.54) is 12.4 Å². The molecule has 0 bridgehead atoms. The molecule has 9 heteroatoms. The number of aromatic amines is 1. The van der Waals surface area contributed by atoms with Crippen molar-refractivity contribution in [3.05, 3.63) is 66.5 Å². The molecule has 1 aromatic carbocycles. The van der Waals surface area contributed by atoms with Crippen LogP contribution >= 0.6 is 0 Å². The highest BCUT2D eigenvalue weighted by molar-refractivity contribution is 6.00. The number of carbonyl (C=O) groups is 1. The standard InChI is InChI=1S/C19H18F3N5O/c1-18(19(20,21)22,24-11-13-7-3-2-4-8-13)17(28)26-15-12-25-27-16(15)14-9-5-6-10-23-14/h2-10,12,24H,11H2,1H3,(H,25,27)(H,26,28). The molecule has 146 valence electrons. The average molecular weight is 389 g/mol. The fourth-order valence-electron chi connectivity index (χ4n) is 2.52. The van der Waals surface area contributed by atoms with Crippen LogP contribution in [0.4, 0.5) is 18.9 Å². The van der Waals surface area contributed by atoms with Gasteiger partial charge in [-0.05, 0) is 24.6 Å². The normalized spacial score (nSPS) is 13.7. The molecule has 0 saturated carbocycles. The van der Waals surface area contributed by atoms with Gasteiger partial charge in [-0.25, -0.2) is 0 Å². The number of benzene rings is 1. The third-order valence-corrected chi connectivity index (χ3v) is 4.32. The molecule has 0 aliphatic rings. The second kappa shape index (κ2) is 7.81. The predicted octanol–water partition coefficient (Wildman–Crippen LogP) is 3.52. The van der Waals surface area contributed by atoms with E-state index in [-0.39, 0.29) is 12.2 Å². The van der Waals surface area contributed by atoms with E-state index in [2.05, 4.69) is 25.8 Å². The number of hydrogen-bond donors (Lipinski definition) is 3. The van der Waals surface area contributed by atoms with Gasteiger partial charge in [0.05, 0.1) is 17.6 Å². The van der Waals surface area contributed by atoms with Crippen molar-refractivity contribution < 1.29 is 18.0 Å². The minimum Gasteiger partial charge on any atom is -0.321 e. The summed E-state index contributed by atoms with van der Waals surface area (Å²) >= 11 is 0. The van der Waals surface area contributed by atoms with Gasteiger partial charge in [0, 0.05) is 12.7 Å². The Morgan fingerprint density at radius 1 is 1.11 bits per heavy atom. The maximum Gasteiger partial charge on any atom is 0.415 e. The second-order valence-electron chi connectivity index (χ2n) is 6.29. The van der Waals surface area contributed by atoms with Crippen LogP contribution in [-0.2, 0) is 11.3 Å². The first kappa shape index (κ1) is 19.6. The van der Waals surface area contributed by atoms with E-state index < -0.39 is 17.6 Å². The van der Waals surface area contributed by atoms with Crippen molar-refractivity contribution >= 4 is 11.6 Å². The third kappa shape index (κ3) is 4.04. The highest BCUT2D eigenvalue weighted by Crippen LogP contribution is 2.33. The van der Waals surface area contributed by atoms with Gasteiger partial charge in [-0.3, -0.25) is 20.2 Å². The molecule has 0 aliphatic heterocycles. The van der Waals surface area contributed by atoms with Crippen molar-refractivity contribution in [3.63, 3.8) is 0 Å². The molecule has 0 aliphatic carbocycles. The van der Waals surface area contributed by atoms with Crippen molar-refractivity contribution in [1.82, 2.24) is 20.5 Å². The molecule has 3 aromatic rings. The zero-order valence-corrected chi connectivity index (χ0v) is 14.9. The Hall–Kier alpha value is -3.20. The number of H-pyrrole nitrogens is 1. The fraction of sp³-hybridized carbons (Fsp3) is 0.211. The van der Waals surface area contributed by atoms with Crippen LogP contribution in [0.15, 0.2) is 60.9 Å². The van der Waals surface area contributed by atoms with Gasteiger partial charge in [0.1, 0.15) is 5.69 Å². The number of carbonyl (C=O) groups excluding carboxylic acids is 1. The van der Waals surface area contributed by atoms with Gasteiger partial charge in [0.25, 0.3) is 5.91 Å². The first-order chi connectivity index (χ1) is 13.3. The highest BCUT2D eigenvalue weighted by Gasteiger charge is 2.56. The van der Waals surface area contributed by atoms with Crippen molar-refractivity contribution in [3.8, 4) is 11.4 Å². The van der Waals surface area contributed by atoms with Crippen LogP contribution in [0.2, 0.25) is 0 Å². The van der Waals surface area contributed by atoms with Crippen LogP contribution < -0.4 is 10.6 Å². The number of nitrogens with one attached hydrogen (secondary N) is 3. The lowest BCUT2D eigenvalue weighted by molar-refractivity contribution is -0.193. The lowest BCUT2D eigenvalue weighted by Gasteiger charge is -2.31. The summed E-state index contributed by atoms with van der Waals surface area (Å²) in [7, 11) is 0. The van der Waals surface area contributed by atoms with E-state index in [0.717, 1.165) is 6.92 Å². The van der Waals surface area contributed by atoms with Crippen molar-refractivity contribution in [2.24, 2.45) is 0 Å². The van der Waals surface area contributed by atoms with Gasteiger partial charge >= 0.3 is 6.18 Å². The van der Waals surface area contributed by atoms with E-state index in [4.69, 9.17) is 0 Å². The maximum atomic E-state index is 13.8. The molecule has 1 atom stereocenters. The summed E-state index contributed by atoms with van der Waals surface area (Å²) in [6.45, 7) is 0.689. The van der Waals surface area contributed by atoms with E-state index in [1.54, 1.807) is 48.5 Å². The SMILES string of the molecule is CC(NCc1ccccc1)(C(=O)Nc1cn[nH]c1-c1ccccn1)C(F)(F)F. The Kier molecular flexibility index (Phi) is 5.46. The molecule has 0 radical (unpaired) electrons. The van der Waals surface area contributed by atoms with Gasteiger partial charge in [-0.15, -0.1) is 0 Å². The lowest BCUT2D eigenvalue weighted by Crippen LogP contribution is -2.61. The van der Waals surface area contributed by atoms with E-state index in [9.17, 15) is 18.0 Å². The van der Waals surface area contributed by atoms with Crippen LogP contribution in [0.3, 0.4) is 0 Å². The molecule has 3 N–H and O–H groups in total. The summed E-state index contributed by atoms with van der Waals surface area (Å²) < 4.78 is 41.3. The van der Waals surface area contributed by atoms with Crippen molar-refractivity contribution in [1.29, 1.82) is 0 Å². The van der Waals surface area contributed by atoms with Crippen molar-refractivity contribution in [2.75, 3.05) is 5.32 Å². The number of hydrogen-bond acceptors (Lipinski definition) is 4. The molecule has 2 aromatic heterocycles. The number of nitrogens with zero attached hydrogens (tertiary/aromatic N) is 2. The van der Waals surface area contributed by atoms with Gasteiger partial charge in [0.2, 0.25) is 0 Å². The average Bonchev–Trinajstić information content (AvgIpc) is 3.14. The number of rotatable bonds is 6. The lowest BCUT2D eigenvalue weighted by atomic mass is 9.99. The van der Waals surface area contributed by atoms with Crippen LogP contribution in [0, 0.1) is 0 Å². The Morgan fingerprint density at radius 2 is 1.82 bits per heavy atom. The Morgan fingerprint density at radius 3 is 2.46 bits per heavy atom. The quantitative estimate of drug-likeness (QED) is 0.602. The zero-order chi connectivity index (χ0) is 20.2. The highest BCUT2D eigenvalue weighted by atomic mass is 19.4. The molecule has 28 heavy (non-hydrogen) atoms. The van der Waals surface area contributed by atoms with E-state index in [1.807, 2.05) is 0 Å². The number of alkyl halides is 3. The molecule has 0 spiro atoms. The van der Waals surface area contributed by atoms with Gasteiger partial charge in [-0.2, -0.15) is 18.3 Å². The molecule has 1 unspecified atom stereocenters. The van der Waals surface area contributed by atoms with Crippen molar-refractivity contribution in [2.45, 2.75) is 25.2 Å². The topological polar surface area (TPSA) is 82.7 Å². The monoisotopic (exact) mass is 389 g/mol. The molecule has 0 fully saturated rings. The first-order valence-corrected chi connectivity index (χ1v) is 8.43. The summed E-state index contributed by atoms with van der Waals surface area (Å²) in [6.07, 6.45) is -2.04. The van der Waals surface area contributed by atoms with Gasteiger partial charge in [-0.1, -0.05) is 36.4 Å². The number of amides is 1. The third-order valence-electron chi connectivity index (χ3n) is 4.32. The number of anilines is 1. The summed E-state index contributed by atoms with van der Waals surface area (Å²) in [6, 6.07) is 13.6. The number of pyridine rings is 1. The summed E-state index contributed by atoms with van der Waals surface area (Å²) in [5.41, 5.74) is -1.30. The maximum absolute atomic E-state index is 13.8. The Labute approximate surface area is 159 Å². The number of halogens is 3. The summed E-state index contributed by atoms with van der Waals surface area (Å²) in [5, 5.41) is 11.1. The van der Waals surface area contributed by atoms with Crippen LogP contribution in [0.1, 0.15) is 12.5 Å². The predicted molar refractivity (Wildman–Crippen MR) is 98.2 cm³/mol. The smallest absolute Gasteiger partial charge is 0.321 e. The fourth-order valence-corrected chi connectivity index (χ4v) is 2.52. The molecule has 1 amide bonds. The minimum absolute atomic E-state index is 0.112. The zero-order valence-electron chi connectivity index (χ0n) is 14.9.